The Labute approximate surface area is 148 Å². The van der Waals surface area contributed by atoms with Crippen LogP contribution in [-0.4, -0.2) is 35.6 Å². The van der Waals surface area contributed by atoms with E-state index in [9.17, 15) is 9.90 Å². The highest BCUT2D eigenvalue weighted by Crippen LogP contribution is 2.30. The number of ether oxygens (including phenoxy) is 1. The van der Waals surface area contributed by atoms with Gasteiger partial charge in [0.2, 0.25) is 5.91 Å². The zero-order chi connectivity index (χ0) is 17.2. The summed E-state index contributed by atoms with van der Waals surface area (Å²) in [6.07, 6.45) is 3.37. The number of aromatic hydroxyl groups is 1. The Morgan fingerprint density at radius 2 is 1.88 bits per heavy atom. The number of rotatable bonds is 3. The van der Waals surface area contributed by atoms with Crippen molar-refractivity contribution in [2.24, 2.45) is 0 Å². The van der Waals surface area contributed by atoms with Crippen LogP contribution in [0.15, 0.2) is 42.5 Å². The van der Waals surface area contributed by atoms with Crippen molar-refractivity contribution in [3.05, 3.63) is 59.2 Å². The Balaban J connectivity index is 1.34. The molecule has 0 unspecified atom stereocenters. The quantitative estimate of drug-likeness (QED) is 0.935. The van der Waals surface area contributed by atoms with E-state index in [0.717, 1.165) is 50.3 Å². The molecule has 2 heterocycles. The number of fused-ring (bicyclic) bond motifs is 1. The van der Waals surface area contributed by atoms with Crippen LogP contribution in [-0.2, 0) is 17.6 Å². The Bertz CT molecular complexity index is 761. The van der Waals surface area contributed by atoms with Crippen molar-refractivity contribution in [3.8, 4) is 11.5 Å². The molecule has 0 aromatic heterocycles. The van der Waals surface area contributed by atoms with Gasteiger partial charge >= 0.3 is 0 Å². The van der Waals surface area contributed by atoms with Gasteiger partial charge in [-0.2, -0.15) is 0 Å². The van der Waals surface area contributed by atoms with E-state index >= 15 is 0 Å². The monoisotopic (exact) mass is 337 g/mol. The molecule has 1 saturated heterocycles. The minimum atomic E-state index is 0.211. The lowest BCUT2D eigenvalue weighted by Crippen LogP contribution is -2.38. The van der Waals surface area contributed by atoms with Crippen LogP contribution in [0.5, 0.6) is 11.5 Å². The first kappa shape index (κ1) is 16.0. The van der Waals surface area contributed by atoms with Crippen molar-refractivity contribution in [2.45, 2.75) is 31.6 Å². The molecule has 130 valence electrons. The lowest BCUT2D eigenvalue weighted by molar-refractivity contribution is -0.131. The number of benzene rings is 2. The third kappa shape index (κ3) is 3.48. The molecule has 4 nitrogen and oxygen atoms in total. The molecule has 4 heteroatoms. The van der Waals surface area contributed by atoms with Gasteiger partial charge < -0.3 is 14.7 Å². The van der Waals surface area contributed by atoms with Gasteiger partial charge in [-0.1, -0.05) is 24.3 Å². The molecule has 0 spiro atoms. The van der Waals surface area contributed by atoms with E-state index in [4.69, 9.17) is 4.74 Å². The molecule has 1 N–H and O–H groups in total. The summed E-state index contributed by atoms with van der Waals surface area (Å²) in [4.78, 5) is 14.6. The molecule has 2 aliphatic rings. The first-order chi connectivity index (χ1) is 12.2. The highest BCUT2D eigenvalue weighted by molar-refractivity contribution is 5.79. The van der Waals surface area contributed by atoms with Gasteiger partial charge in [-0.05, 0) is 53.6 Å². The summed E-state index contributed by atoms with van der Waals surface area (Å²) in [6, 6.07) is 13.6. The topological polar surface area (TPSA) is 49.8 Å². The lowest BCUT2D eigenvalue weighted by Gasteiger charge is -2.32. The number of hydrogen-bond acceptors (Lipinski definition) is 3. The van der Waals surface area contributed by atoms with Crippen molar-refractivity contribution in [3.63, 3.8) is 0 Å². The second-order valence-electron chi connectivity index (χ2n) is 6.96. The van der Waals surface area contributed by atoms with Crippen molar-refractivity contribution in [2.75, 3.05) is 19.7 Å². The van der Waals surface area contributed by atoms with Crippen LogP contribution in [0.4, 0.5) is 0 Å². The van der Waals surface area contributed by atoms with E-state index in [1.165, 1.54) is 11.1 Å². The molecule has 0 aliphatic carbocycles. The first-order valence-electron chi connectivity index (χ1n) is 9.00. The van der Waals surface area contributed by atoms with E-state index < -0.39 is 0 Å². The third-order valence-corrected chi connectivity index (χ3v) is 5.32. The van der Waals surface area contributed by atoms with Crippen LogP contribution in [0.3, 0.4) is 0 Å². The van der Waals surface area contributed by atoms with Crippen molar-refractivity contribution in [1.29, 1.82) is 0 Å². The zero-order valence-corrected chi connectivity index (χ0v) is 14.3. The zero-order valence-electron chi connectivity index (χ0n) is 14.3. The summed E-state index contributed by atoms with van der Waals surface area (Å²) in [5, 5.41) is 9.41. The van der Waals surface area contributed by atoms with Gasteiger partial charge in [0.25, 0.3) is 0 Å². The molecule has 4 rings (SSSR count). The van der Waals surface area contributed by atoms with E-state index in [0.29, 0.717) is 18.1 Å². The first-order valence-corrected chi connectivity index (χ1v) is 9.00. The number of carbonyl (C=O) groups is 1. The molecule has 2 aliphatic heterocycles. The number of amides is 1. The number of likely N-dealkylation sites (tertiary alicyclic amines) is 1. The summed E-state index contributed by atoms with van der Waals surface area (Å²) >= 11 is 0. The van der Waals surface area contributed by atoms with E-state index in [1.54, 1.807) is 12.1 Å². The number of piperidine rings is 1. The Kier molecular flexibility index (Phi) is 4.35. The minimum absolute atomic E-state index is 0.211. The number of phenolic OH excluding ortho intramolecular Hbond substituents is 1. The highest BCUT2D eigenvalue weighted by Gasteiger charge is 2.24. The second-order valence-corrected chi connectivity index (χ2v) is 6.96. The highest BCUT2D eigenvalue weighted by atomic mass is 16.5. The normalized spacial score (nSPS) is 17.2. The molecule has 0 radical (unpaired) electrons. The van der Waals surface area contributed by atoms with Crippen LogP contribution in [0.25, 0.3) is 0 Å². The van der Waals surface area contributed by atoms with Gasteiger partial charge in [-0.15, -0.1) is 0 Å². The van der Waals surface area contributed by atoms with Crippen molar-refractivity contribution >= 4 is 5.91 Å². The largest absolute Gasteiger partial charge is 0.508 e. The van der Waals surface area contributed by atoms with E-state index in [2.05, 4.69) is 6.07 Å². The van der Waals surface area contributed by atoms with Crippen molar-refractivity contribution < 1.29 is 14.6 Å². The fourth-order valence-corrected chi connectivity index (χ4v) is 3.85. The number of hydrogen-bond donors (Lipinski definition) is 1. The van der Waals surface area contributed by atoms with Gasteiger partial charge in [-0.3, -0.25) is 4.79 Å². The maximum Gasteiger partial charge on any atom is 0.226 e. The van der Waals surface area contributed by atoms with Gasteiger partial charge in [0.05, 0.1) is 13.0 Å². The van der Waals surface area contributed by atoms with Crippen LogP contribution < -0.4 is 4.74 Å². The molecular weight excluding hydrogens is 314 g/mol. The second kappa shape index (κ2) is 6.79. The van der Waals surface area contributed by atoms with Gasteiger partial charge in [0, 0.05) is 19.5 Å². The Hall–Kier alpha value is -2.49. The van der Waals surface area contributed by atoms with Crippen LogP contribution >= 0.6 is 0 Å². The molecule has 25 heavy (non-hydrogen) atoms. The maximum atomic E-state index is 12.6. The van der Waals surface area contributed by atoms with Gasteiger partial charge in [0.1, 0.15) is 11.5 Å². The Morgan fingerprint density at radius 3 is 2.64 bits per heavy atom. The summed E-state index contributed by atoms with van der Waals surface area (Å²) in [6.45, 7) is 2.36. The fraction of sp³-hybridized carbons (Fsp3) is 0.381. The summed E-state index contributed by atoms with van der Waals surface area (Å²) in [7, 11) is 0. The third-order valence-electron chi connectivity index (χ3n) is 5.32. The molecular formula is C21H23NO3. The SMILES string of the molecule is O=C(Cc1ccc2c(c1)CCO2)N1CCC(c2ccc(O)cc2)CC1. The van der Waals surface area contributed by atoms with Gasteiger partial charge in [-0.25, -0.2) is 0 Å². The Morgan fingerprint density at radius 1 is 1.12 bits per heavy atom. The number of nitrogens with zero attached hydrogens (tertiary/aromatic N) is 1. The molecule has 1 amide bonds. The predicted octanol–water partition coefficient (Wildman–Crippen LogP) is 3.28. The fourth-order valence-electron chi connectivity index (χ4n) is 3.85. The van der Waals surface area contributed by atoms with Crippen molar-refractivity contribution in [1.82, 2.24) is 4.90 Å². The van der Waals surface area contributed by atoms with Gasteiger partial charge in [0.15, 0.2) is 0 Å². The summed E-state index contributed by atoms with van der Waals surface area (Å²) < 4.78 is 5.52. The summed E-state index contributed by atoms with van der Waals surface area (Å²) in [5.74, 6) is 1.95. The van der Waals surface area contributed by atoms with Crippen LogP contribution in [0, 0.1) is 0 Å². The number of phenols is 1. The number of carbonyl (C=O) groups excluding carboxylic acids is 1. The molecule has 0 saturated carbocycles. The standard InChI is InChI=1S/C21H23NO3/c23-19-4-2-16(3-5-19)17-7-10-22(11-8-17)21(24)14-15-1-6-20-18(13-15)9-12-25-20/h1-6,13,17,23H,7-12,14H2. The van der Waals surface area contributed by atoms with Crippen LogP contribution in [0.2, 0.25) is 0 Å². The molecule has 1 fully saturated rings. The predicted molar refractivity (Wildman–Crippen MR) is 96.0 cm³/mol. The van der Waals surface area contributed by atoms with E-state index in [-0.39, 0.29) is 5.91 Å². The molecule has 2 aromatic carbocycles. The maximum absolute atomic E-state index is 12.6. The van der Waals surface area contributed by atoms with E-state index in [1.807, 2.05) is 29.2 Å². The average Bonchev–Trinajstić information content (AvgIpc) is 3.10. The molecule has 0 bridgehead atoms. The summed E-state index contributed by atoms with van der Waals surface area (Å²) in [5.41, 5.74) is 3.55. The lowest BCUT2D eigenvalue weighted by atomic mass is 9.89. The molecule has 0 atom stereocenters. The smallest absolute Gasteiger partial charge is 0.226 e. The minimum Gasteiger partial charge on any atom is -0.508 e. The molecule has 2 aromatic rings. The van der Waals surface area contributed by atoms with Crippen LogP contribution in [0.1, 0.15) is 35.4 Å². The average molecular weight is 337 g/mol.